The Labute approximate surface area is 237 Å². The molecule has 1 spiro atoms. The number of nitrogens with zero attached hydrogens (tertiary/aromatic N) is 3. The molecule has 39 heavy (non-hydrogen) atoms. The van der Waals surface area contributed by atoms with Gasteiger partial charge in [-0.15, -0.1) is 24.9 Å². The maximum Gasteiger partial charge on any atom is 0.251 e. The summed E-state index contributed by atoms with van der Waals surface area (Å²) in [5, 5.41) is 10.4. The zero-order valence-electron chi connectivity index (χ0n) is 23.8. The van der Waals surface area contributed by atoms with Gasteiger partial charge in [0, 0.05) is 30.6 Å². The van der Waals surface area contributed by atoms with Crippen LogP contribution in [0.25, 0.3) is 0 Å². The third kappa shape index (κ3) is 4.73. The Morgan fingerprint density at radius 1 is 1.18 bits per heavy atom. The Balaban J connectivity index is 1.83. The molecule has 0 radical (unpaired) electrons. The highest BCUT2D eigenvalue weighted by atomic mass is 32.2. The van der Waals surface area contributed by atoms with Crippen molar-refractivity contribution in [3.8, 4) is 0 Å². The van der Waals surface area contributed by atoms with E-state index in [1.165, 1.54) is 0 Å². The van der Waals surface area contributed by atoms with E-state index in [1.54, 1.807) is 33.7 Å². The van der Waals surface area contributed by atoms with Crippen molar-refractivity contribution in [2.45, 2.75) is 75.5 Å². The average Bonchev–Trinajstić information content (AvgIpc) is 3.56. The van der Waals surface area contributed by atoms with Gasteiger partial charge >= 0.3 is 0 Å². The Kier molecular flexibility index (Phi) is 8.96. The van der Waals surface area contributed by atoms with Gasteiger partial charge < -0.3 is 19.8 Å². The zero-order chi connectivity index (χ0) is 28.5. The van der Waals surface area contributed by atoms with E-state index in [9.17, 15) is 19.5 Å². The van der Waals surface area contributed by atoms with Crippen molar-refractivity contribution < 1.29 is 19.5 Å². The summed E-state index contributed by atoms with van der Waals surface area (Å²) in [5.74, 6) is -1.41. The summed E-state index contributed by atoms with van der Waals surface area (Å²) >= 11 is 1.67. The number of likely N-dealkylation sites (tertiary alicyclic amines) is 1. The van der Waals surface area contributed by atoms with Crippen molar-refractivity contribution in [2.24, 2.45) is 11.8 Å². The Hall–Kier alpha value is -2.58. The number of aryl methyl sites for hydroxylation is 2. The lowest BCUT2D eigenvalue weighted by Crippen LogP contribution is -2.57. The molecule has 1 aromatic rings. The van der Waals surface area contributed by atoms with Crippen LogP contribution in [0.1, 0.15) is 50.7 Å². The van der Waals surface area contributed by atoms with Gasteiger partial charge in [0.25, 0.3) is 5.91 Å². The molecule has 3 aliphatic rings. The van der Waals surface area contributed by atoms with Crippen molar-refractivity contribution >= 4 is 35.2 Å². The molecule has 3 heterocycles. The smallest absolute Gasteiger partial charge is 0.251 e. The summed E-state index contributed by atoms with van der Waals surface area (Å²) in [5.41, 5.74) is 2.78. The van der Waals surface area contributed by atoms with E-state index in [0.29, 0.717) is 32.5 Å². The average molecular weight is 554 g/mol. The molecule has 3 aliphatic heterocycles. The van der Waals surface area contributed by atoms with Crippen LogP contribution >= 0.6 is 11.8 Å². The maximum absolute atomic E-state index is 14.8. The summed E-state index contributed by atoms with van der Waals surface area (Å²) in [6.07, 6.45) is 6.27. The second kappa shape index (κ2) is 11.9. The summed E-state index contributed by atoms with van der Waals surface area (Å²) in [6.45, 7) is 16.8. The molecule has 0 aromatic heterocycles. The van der Waals surface area contributed by atoms with Gasteiger partial charge in [-0.05, 0) is 50.7 Å². The molecule has 2 bridgehead atoms. The molecule has 1 N–H and O–H groups in total. The van der Waals surface area contributed by atoms with Crippen molar-refractivity contribution in [3.05, 3.63) is 54.6 Å². The number of rotatable bonds is 12. The quantitative estimate of drug-likeness (QED) is 0.394. The number of aliphatic hydroxyl groups excluding tert-OH is 1. The molecule has 8 heteroatoms. The van der Waals surface area contributed by atoms with Crippen LogP contribution < -0.4 is 4.90 Å². The lowest BCUT2D eigenvalue weighted by Gasteiger charge is -2.40. The van der Waals surface area contributed by atoms with E-state index >= 15 is 0 Å². The third-order valence-corrected chi connectivity index (χ3v) is 10.7. The predicted molar refractivity (Wildman–Crippen MR) is 158 cm³/mol. The lowest BCUT2D eigenvalue weighted by molar-refractivity contribution is -0.145. The van der Waals surface area contributed by atoms with E-state index in [0.717, 1.165) is 29.7 Å². The van der Waals surface area contributed by atoms with Crippen molar-refractivity contribution in [3.63, 3.8) is 0 Å². The van der Waals surface area contributed by atoms with Gasteiger partial charge in [-0.25, -0.2) is 0 Å². The molecule has 3 amide bonds. The van der Waals surface area contributed by atoms with Crippen LogP contribution in [0, 0.1) is 25.7 Å². The Bertz CT molecular complexity index is 1110. The standard InChI is InChI=1S/C31H43N3O4S/c1-7-16-32(17-8-2)28(36)24-23-14-15-31(39-23)25(24)29(37)34(22(10-4)19-35)27(31)30(38)33(18-9-3)26-20(5)12-11-13-21(26)6/h7,9,11-13,22-25,27,35H,1,3,8,10,14-19H2,2,4-6H3/t22-,23-,24+,25-,27?,31?/m0/s1. The molecule has 7 nitrogen and oxygen atoms in total. The maximum atomic E-state index is 14.8. The van der Waals surface area contributed by atoms with Gasteiger partial charge in [-0.1, -0.05) is 44.2 Å². The van der Waals surface area contributed by atoms with Crippen LogP contribution in [0.3, 0.4) is 0 Å². The zero-order valence-corrected chi connectivity index (χ0v) is 24.6. The summed E-state index contributed by atoms with van der Waals surface area (Å²) < 4.78 is -0.705. The minimum Gasteiger partial charge on any atom is -0.394 e. The molecule has 4 rings (SSSR count). The van der Waals surface area contributed by atoms with Gasteiger partial charge in [0.15, 0.2) is 0 Å². The van der Waals surface area contributed by atoms with E-state index in [2.05, 4.69) is 13.2 Å². The van der Waals surface area contributed by atoms with E-state index in [4.69, 9.17) is 0 Å². The summed E-state index contributed by atoms with van der Waals surface area (Å²) in [4.78, 5) is 48.3. The lowest BCUT2D eigenvalue weighted by atomic mass is 9.70. The molecule has 0 saturated carbocycles. The number of amides is 3. The van der Waals surface area contributed by atoms with Crippen LogP contribution in [0.15, 0.2) is 43.5 Å². The summed E-state index contributed by atoms with van der Waals surface area (Å²) in [6, 6.07) is 4.68. The first-order valence-electron chi connectivity index (χ1n) is 14.2. The number of aliphatic hydroxyl groups is 1. The number of benzene rings is 1. The minimum absolute atomic E-state index is 0.00433. The number of anilines is 1. The highest BCUT2D eigenvalue weighted by molar-refractivity contribution is 8.02. The minimum atomic E-state index is -0.766. The molecular formula is C31H43N3O4S. The van der Waals surface area contributed by atoms with Crippen molar-refractivity contribution in [1.82, 2.24) is 9.80 Å². The van der Waals surface area contributed by atoms with E-state index < -0.39 is 28.7 Å². The monoisotopic (exact) mass is 553 g/mol. The third-order valence-electron chi connectivity index (χ3n) is 8.77. The molecule has 1 aromatic carbocycles. The molecular weight excluding hydrogens is 510 g/mol. The molecule has 6 atom stereocenters. The fourth-order valence-corrected chi connectivity index (χ4v) is 9.38. The highest BCUT2D eigenvalue weighted by Crippen LogP contribution is 2.67. The first-order chi connectivity index (χ1) is 18.7. The van der Waals surface area contributed by atoms with Gasteiger partial charge in [0.1, 0.15) is 6.04 Å². The largest absolute Gasteiger partial charge is 0.394 e. The predicted octanol–water partition coefficient (Wildman–Crippen LogP) is 4.11. The van der Waals surface area contributed by atoms with Crippen LogP contribution in [0.4, 0.5) is 5.69 Å². The number of para-hydroxylation sites is 1. The normalized spacial score (nSPS) is 27.8. The number of thioether (sulfide) groups is 1. The van der Waals surface area contributed by atoms with Crippen LogP contribution in [-0.4, -0.2) is 80.9 Å². The second-order valence-corrected chi connectivity index (χ2v) is 12.7. The number of hydrogen-bond acceptors (Lipinski definition) is 5. The van der Waals surface area contributed by atoms with E-state index in [1.807, 2.05) is 50.8 Å². The molecule has 0 aliphatic carbocycles. The van der Waals surface area contributed by atoms with Gasteiger partial charge in [0.2, 0.25) is 11.8 Å². The number of hydrogen-bond donors (Lipinski definition) is 1. The van der Waals surface area contributed by atoms with Crippen LogP contribution in [0.2, 0.25) is 0 Å². The number of fused-ring (bicyclic) bond motifs is 1. The topological polar surface area (TPSA) is 81.2 Å². The Morgan fingerprint density at radius 3 is 2.41 bits per heavy atom. The molecule has 3 fully saturated rings. The van der Waals surface area contributed by atoms with Crippen LogP contribution in [-0.2, 0) is 14.4 Å². The molecule has 3 saturated heterocycles. The molecule has 2 unspecified atom stereocenters. The number of carbonyl (C=O) groups is 3. The fraction of sp³-hybridized carbons (Fsp3) is 0.581. The Morgan fingerprint density at radius 2 is 1.85 bits per heavy atom. The van der Waals surface area contributed by atoms with Gasteiger partial charge in [-0.3, -0.25) is 14.4 Å². The van der Waals surface area contributed by atoms with Gasteiger partial charge in [-0.2, -0.15) is 0 Å². The second-order valence-electron chi connectivity index (χ2n) is 11.1. The SMILES string of the molecule is C=CCN(CCC)C(=O)[C@@H]1[C@@H]2CCC3(S2)C(C(=O)N(CC=C)c2c(C)cccc2C)N([C@@H](CC)CO)C(=O)[C@H]13. The fourth-order valence-electron chi connectivity index (χ4n) is 7.19. The highest BCUT2D eigenvalue weighted by Gasteiger charge is 2.74. The van der Waals surface area contributed by atoms with Gasteiger partial charge in [0.05, 0.1) is 29.2 Å². The van der Waals surface area contributed by atoms with Crippen molar-refractivity contribution in [2.75, 3.05) is 31.1 Å². The van der Waals surface area contributed by atoms with Crippen molar-refractivity contribution in [1.29, 1.82) is 0 Å². The first-order valence-corrected chi connectivity index (χ1v) is 15.1. The number of carbonyl (C=O) groups excluding carboxylic acids is 3. The van der Waals surface area contributed by atoms with Crippen LogP contribution in [0.5, 0.6) is 0 Å². The molecule has 212 valence electrons. The first kappa shape index (κ1) is 29.4. The summed E-state index contributed by atoms with van der Waals surface area (Å²) in [7, 11) is 0. The van der Waals surface area contributed by atoms with E-state index in [-0.39, 0.29) is 29.6 Å².